The highest BCUT2D eigenvalue weighted by Crippen LogP contribution is 2.30. The molecule has 0 aliphatic rings. The fourth-order valence-corrected chi connectivity index (χ4v) is 1.94. The van der Waals surface area contributed by atoms with Gasteiger partial charge < -0.3 is 11.1 Å². The number of nitrogens with two attached hydrogens (primary N) is 1. The lowest BCUT2D eigenvalue weighted by molar-refractivity contribution is 0.718. The maximum atomic E-state index is 8.89. The molecule has 98 valence electrons. The summed E-state index contributed by atoms with van der Waals surface area (Å²) in [6, 6.07) is 9.37. The molecule has 1 aromatic heterocycles. The van der Waals surface area contributed by atoms with Crippen LogP contribution >= 0.6 is 0 Å². The molecule has 2 rings (SSSR count). The normalized spacial score (nSPS) is 10.5. The molecule has 0 atom stereocenters. The maximum Gasteiger partial charge on any atom is 0.152 e. The van der Waals surface area contributed by atoms with E-state index in [-0.39, 0.29) is 5.92 Å². The van der Waals surface area contributed by atoms with Crippen LogP contribution in [0, 0.1) is 11.3 Å². The third-order valence-corrected chi connectivity index (χ3v) is 2.91. The first-order valence-corrected chi connectivity index (χ1v) is 6.12. The third kappa shape index (κ3) is 2.52. The van der Waals surface area contributed by atoms with Gasteiger partial charge in [0.05, 0.1) is 23.0 Å². The summed E-state index contributed by atoms with van der Waals surface area (Å²) in [5, 5.41) is 16.5. The van der Waals surface area contributed by atoms with E-state index in [0.29, 0.717) is 11.3 Å². The van der Waals surface area contributed by atoms with Crippen LogP contribution < -0.4 is 11.1 Å². The number of benzene rings is 1. The second kappa shape index (κ2) is 5.02. The van der Waals surface area contributed by atoms with Crippen LogP contribution in [0.15, 0.2) is 24.3 Å². The predicted octanol–water partition coefficient (Wildman–Crippen LogP) is 2.74. The van der Waals surface area contributed by atoms with Crippen molar-refractivity contribution in [3.63, 3.8) is 0 Å². The first-order chi connectivity index (χ1) is 9.02. The van der Waals surface area contributed by atoms with Crippen LogP contribution in [-0.4, -0.2) is 9.78 Å². The minimum absolute atomic E-state index is 0.271. The first-order valence-electron chi connectivity index (χ1n) is 6.12. The third-order valence-electron chi connectivity index (χ3n) is 2.91. The Kier molecular flexibility index (Phi) is 3.43. The summed E-state index contributed by atoms with van der Waals surface area (Å²) >= 11 is 0. The Morgan fingerprint density at radius 3 is 2.74 bits per heavy atom. The molecule has 0 bridgehead atoms. The van der Waals surface area contributed by atoms with Crippen molar-refractivity contribution in [3.8, 4) is 6.07 Å². The summed E-state index contributed by atoms with van der Waals surface area (Å²) in [4.78, 5) is 0. The quantitative estimate of drug-likeness (QED) is 0.883. The average Bonchev–Trinajstić information content (AvgIpc) is 2.67. The van der Waals surface area contributed by atoms with Crippen LogP contribution in [0.3, 0.4) is 0 Å². The monoisotopic (exact) mass is 255 g/mol. The molecule has 0 saturated heterocycles. The van der Waals surface area contributed by atoms with Gasteiger partial charge in [0.25, 0.3) is 0 Å². The van der Waals surface area contributed by atoms with Gasteiger partial charge >= 0.3 is 0 Å². The molecular weight excluding hydrogens is 238 g/mol. The average molecular weight is 255 g/mol. The van der Waals surface area contributed by atoms with E-state index in [1.807, 2.05) is 19.2 Å². The molecule has 5 heteroatoms. The molecule has 0 spiro atoms. The van der Waals surface area contributed by atoms with Crippen LogP contribution in [0.25, 0.3) is 0 Å². The molecule has 0 radical (unpaired) electrons. The summed E-state index contributed by atoms with van der Waals surface area (Å²) in [7, 11) is 1.85. The second-order valence-electron chi connectivity index (χ2n) is 4.74. The highest BCUT2D eigenvalue weighted by atomic mass is 15.3. The van der Waals surface area contributed by atoms with E-state index < -0.39 is 0 Å². The van der Waals surface area contributed by atoms with Gasteiger partial charge in [-0.25, -0.2) is 0 Å². The van der Waals surface area contributed by atoms with E-state index >= 15 is 0 Å². The van der Waals surface area contributed by atoms with Crippen molar-refractivity contribution < 1.29 is 0 Å². The van der Waals surface area contributed by atoms with Crippen LogP contribution in [0.5, 0.6) is 0 Å². The molecule has 0 saturated carbocycles. The van der Waals surface area contributed by atoms with Gasteiger partial charge in [-0.1, -0.05) is 19.9 Å². The zero-order valence-electron chi connectivity index (χ0n) is 11.3. The Morgan fingerprint density at radius 1 is 1.42 bits per heavy atom. The smallest absolute Gasteiger partial charge is 0.152 e. The summed E-state index contributed by atoms with van der Waals surface area (Å²) in [5.74, 6) is 1.02. The maximum absolute atomic E-state index is 8.89. The highest BCUT2D eigenvalue weighted by molar-refractivity contribution is 5.72. The fraction of sp³-hybridized carbons (Fsp3) is 0.286. The topological polar surface area (TPSA) is 79.7 Å². The molecule has 2 aromatic rings. The van der Waals surface area contributed by atoms with Gasteiger partial charge in [-0.2, -0.15) is 10.4 Å². The lowest BCUT2D eigenvalue weighted by atomic mass is 10.1. The molecule has 0 unspecified atom stereocenters. The number of nitrogens with zero attached hydrogens (tertiary/aromatic N) is 3. The molecule has 0 amide bonds. The van der Waals surface area contributed by atoms with Gasteiger partial charge in [0.2, 0.25) is 0 Å². The molecule has 5 nitrogen and oxygen atoms in total. The van der Waals surface area contributed by atoms with Crippen LogP contribution in [0.2, 0.25) is 0 Å². The van der Waals surface area contributed by atoms with Gasteiger partial charge in [-0.05, 0) is 24.1 Å². The predicted molar refractivity (Wildman–Crippen MR) is 76.1 cm³/mol. The Hall–Kier alpha value is -2.48. The molecule has 1 aromatic carbocycles. The fourth-order valence-electron chi connectivity index (χ4n) is 1.94. The largest absolute Gasteiger partial charge is 0.394 e. The summed E-state index contributed by atoms with van der Waals surface area (Å²) in [6.45, 7) is 4.11. The van der Waals surface area contributed by atoms with E-state index in [1.165, 1.54) is 0 Å². The zero-order chi connectivity index (χ0) is 14.0. The van der Waals surface area contributed by atoms with Crippen molar-refractivity contribution in [1.29, 1.82) is 5.26 Å². The number of aryl methyl sites for hydroxylation is 1. The number of rotatable bonds is 3. The minimum Gasteiger partial charge on any atom is -0.394 e. The summed E-state index contributed by atoms with van der Waals surface area (Å²) in [6.07, 6.45) is 0. The molecule has 19 heavy (non-hydrogen) atoms. The van der Waals surface area contributed by atoms with Gasteiger partial charge in [0.15, 0.2) is 5.82 Å². The zero-order valence-corrected chi connectivity index (χ0v) is 11.3. The molecular formula is C14H17N5. The Labute approximate surface area is 112 Å². The molecule has 0 aliphatic carbocycles. The number of nitrogen functional groups attached to an aromatic ring is 1. The van der Waals surface area contributed by atoms with Gasteiger partial charge in [-0.15, -0.1) is 0 Å². The summed E-state index contributed by atoms with van der Waals surface area (Å²) in [5.41, 5.74) is 9.07. The standard InChI is InChI=1S/C14H17N5/c1-9(2)13-12(16)14(19(3)18-13)17-11-6-4-5-10(7-11)8-15/h4-7,9,17H,16H2,1-3H3. The Balaban J connectivity index is 2.36. The van der Waals surface area contributed by atoms with E-state index in [2.05, 4.69) is 30.3 Å². The van der Waals surface area contributed by atoms with Gasteiger partial charge in [0.1, 0.15) is 0 Å². The first kappa shape index (κ1) is 13.0. The number of anilines is 3. The molecule has 1 heterocycles. The van der Waals surface area contributed by atoms with E-state index in [4.69, 9.17) is 11.0 Å². The van der Waals surface area contributed by atoms with Crippen molar-refractivity contribution in [1.82, 2.24) is 9.78 Å². The Morgan fingerprint density at radius 2 is 2.16 bits per heavy atom. The minimum atomic E-state index is 0.271. The van der Waals surface area contributed by atoms with Crippen molar-refractivity contribution in [2.24, 2.45) is 7.05 Å². The number of nitriles is 1. The lowest BCUT2D eigenvalue weighted by Gasteiger charge is -2.08. The number of hydrogen-bond acceptors (Lipinski definition) is 4. The van der Waals surface area contributed by atoms with Crippen molar-refractivity contribution in [3.05, 3.63) is 35.5 Å². The van der Waals surface area contributed by atoms with Crippen molar-refractivity contribution in [2.75, 3.05) is 11.1 Å². The lowest BCUT2D eigenvalue weighted by Crippen LogP contribution is -2.01. The van der Waals surface area contributed by atoms with Gasteiger partial charge in [0, 0.05) is 12.7 Å². The van der Waals surface area contributed by atoms with E-state index in [0.717, 1.165) is 17.2 Å². The van der Waals surface area contributed by atoms with Crippen molar-refractivity contribution >= 4 is 17.2 Å². The van der Waals surface area contributed by atoms with Crippen molar-refractivity contribution in [2.45, 2.75) is 19.8 Å². The van der Waals surface area contributed by atoms with Crippen LogP contribution in [-0.2, 0) is 7.05 Å². The number of aromatic nitrogens is 2. The molecule has 0 fully saturated rings. The molecule has 3 N–H and O–H groups in total. The Bertz CT molecular complexity index is 634. The van der Waals surface area contributed by atoms with E-state index in [1.54, 1.807) is 16.8 Å². The van der Waals surface area contributed by atoms with E-state index in [9.17, 15) is 0 Å². The highest BCUT2D eigenvalue weighted by Gasteiger charge is 2.15. The summed E-state index contributed by atoms with van der Waals surface area (Å²) < 4.78 is 1.73. The van der Waals surface area contributed by atoms with Crippen LogP contribution in [0.4, 0.5) is 17.2 Å². The number of nitrogens with one attached hydrogen (secondary N) is 1. The molecule has 0 aliphatic heterocycles. The van der Waals surface area contributed by atoms with Crippen LogP contribution in [0.1, 0.15) is 31.0 Å². The van der Waals surface area contributed by atoms with Gasteiger partial charge in [-0.3, -0.25) is 4.68 Å². The SMILES string of the molecule is CC(C)c1nn(C)c(Nc2cccc(C#N)c2)c1N. The second-order valence-corrected chi connectivity index (χ2v) is 4.74. The number of hydrogen-bond donors (Lipinski definition) is 2.